The Morgan fingerprint density at radius 2 is 2.00 bits per heavy atom. The van der Waals surface area contributed by atoms with Crippen molar-refractivity contribution >= 4 is 27.3 Å². The van der Waals surface area contributed by atoms with Gasteiger partial charge in [-0.25, -0.2) is 21.9 Å². The van der Waals surface area contributed by atoms with E-state index in [-0.39, 0.29) is 9.90 Å². The van der Waals surface area contributed by atoms with Crippen molar-refractivity contribution in [3.05, 3.63) is 34.0 Å². The van der Waals surface area contributed by atoms with Crippen LogP contribution in [0.3, 0.4) is 0 Å². The van der Waals surface area contributed by atoms with Crippen molar-refractivity contribution in [2.24, 2.45) is 7.05 Å². The third kappa shape index (κ3) is 3.17. The van der Waals surface area contributed by atoms with Gasteiger partial charge in [-0.3, -0.25) is 9.48 Å². The van der Waals surface area contributed by atoms with Crippen LogP contribution in [0.4, 0.5) is 8.78 Å². The molecule has 0 aliphatic heterocycles. The molecule has 0 radical (unpaired) electrons. The van der Waals surface area contributed by atoms with Gasteiger partial charge in [0.25, 0.3) is 22.4 Å². The highest BCUT2D eigenvalue weighted by Crippen LogP contribution is 2.26. The summed E-state index contributed by atoms with van der Waals surface area (Å²) in [5.74, 6) is -1.05. The zero-order chi connectivity index (χ0) is 16.7. The first-order valence-electron chi connectivity index (χ1n) is 6.08. The van der Waals surface area contributed by atoms with Crippen molar-refractivity contribution in [2.45, 2.75) is 24.5 Å². The second-order valence-electron chi connectivity index (χ2n) is 4.64. The number of carbonyl (C=O) groups excluding carboxylic acids is 1. The molecule has 0 fully saturated rings. The number of nitrogens with one attached hydrogen (secondary N) is 1. The zero-order valence-electron chi connectivity index (χ0n) is 11.9. The van der Waals surface area contributed by atoms with Gasteiger partial charge in [0.05, 0.1) is 0 Å². The molecule has 0 aliphatic carbocycles. The van der Waals surface area contributed by atoms with Gasteiger partial charge < -0.3 is 0 Å². The van der Waals surface area contributed by atoms with Crippen LogP contribution < -0.4 is 4.72 Å². The molecule has 0 aromatic carbocycles. The molecule has 2 heterocycles. The summed E-state index contributed by atoms with van der Waals surface area (Å²) in [5.41, 5.74) is -0.338. The van der Waals surface area contributed by atoms with Gasteiger partial charge in [0, 0.05) is 11.9 Å². The molecule has 0 bridgehead atoms. The first-order chi connectivity index (χ1) is 10.1. The maximum atomic E-state index is 12.7. The molecule has 0 saturated heterocycles. The first-order valence-corrected chi connectivity index (χ1v) is 8.38. The van der Waals surface area contributed by atoms with E-state index in [4.69, 9.17) is 0 Å². The molecule has 6 nitrogen and oxygen atoms in total. The van der Waals surface area contributed by atoms with Crippen LogP contribution in [0.25, 0.3) is 0 Å². The smallest absolute Gasteiger partial charge is 0.266 e. The van der Waals surface area contributed by atoms with Gasteiger partial charge in [0.1, 0.15) is 9.90 Å². The minimum absolute atomic E-state index is 0.0170. The molecule has 1 amide bonds. The molecule has 10 heteroatoms. The Bertz CT molecular complexity index is 825. The maximum Gasteiger partial charge on any atom is 0.285 e. The van der Waals surface area contributed by atoms with Crippen LogP contribution >= 0.6 is 11.3 Å². The van der Waals surface area contributed by atoms with Gasteiger partial charge >= 0.3 is 0 Å². The summed E-state index contributed by atoms with van der Waals surface area (Å²) in [5, 5.41) is 3.60. The van der Waals surface area contributed by atoms with Crippen LogP contribution in [0.2, 0.25) is 0 Å². The highest BCUT2D eigenvalue weighted by atomic mass is 32.2. The van der Waals surface area contributed by atoms with Crippen molar-refractivity contribution < 1.29 is 22.0 Å². The molecule has 0 atom stereocenters. The summed E-state index contributed by atoms with van der Waals surface area (Å²) in [6.07, 6.45) is -2.81. The van der Waals surface area contributed by atoms with E-state index in [1.165, 1.54) is 7.05 Å². The zero-order valence-corrected chi connectivity index (χ0v) is 13.6. The summed E-state index contributed by atoms with van der Waals surface area (Å²) >= 11 is 1.02. The Hall–Kier alpha value is -1.81. The Morgan fingerprint density at radius 1 is 1.36 bits per heavy atom. The lowest BCUT2D eigenvalue weighted by Crippen LogP contribution is -2.30. The number of amides is 1. The number of hydrogen-bond acceptors (Lipinski definition) is 5. The fraction of sp³-hybridized carbons (Fsp3) is 0.333. The van der Waals surface area contributed by atoms with E-state index in [0.29, 0.717) is 5.56 Å². The first kappa shape index (κ1) is 16.6. The lowest BCUT2D eigenvalue weighted by atomic mass is 10.3. The second kappa shape index (κ2) is 5.76. The van der Waals surface area contributed by atoms with Crippen LogP contribution in [-0.2, 0) is 17.1 Å². The number of carbonyl (C=O) groups is 1. The average Bonchev–Trinajstić information content (AvgIpc) is 2.92. The fourth-order valence-electron chi connectivity index (χ4n) is 1.90. The van der Waals surface area contributed by atoms with Crippen molar-refractivity contribution in [3.63, 3.8) is 0 Å². The Morgan fingerprint density at radius 3 is 2.45 bits per heavy atom. The summed E-state index contributed by atoms with van der Waals surface area (Å²) in [6.45, 7) is 3.35. The van der Waals surface area contributed by atoms with E-state index in [9.17, 15) is 22.0 Å². The number of sulfonamides is 1. The summed E-state index contributed by atoms with van der Waals surface area (Å²) in [4.78, 5) is 12.7. The van der Waals surface area contributed by atoms with Crippen LogP contribution in [-0.4, -0.2) is 24.1 Å². The molecular formula is C12H13F2N3O3S2. The normalized spacial score (nSPS) is 11.9. The third-order valence-corrected chi connectivity index (χ3v) is 5.96. The van der Waals surface area contributed by atoms with Gasteiger partial charge in [-0.05, 0) is 31.5 Å². The largest absolute Gasteiger partial charge is 0.285 e. The predicted octanol–water partition coefficient (Wildman–Crippen LogP) is 2.15. The minimum Gasteiger partial charge on any atom is -0.266 e. The highest BCUT2D eigenvalue weighted by molar-refractivity contribution is 7.92. The molecule has 22 heavy (non-hydrogen) atoms. The SMILES string of the molecule is Cc1cc(C)c(S(=O)(=O)NC(=O)c2cc(C(F)F)n(C)n2)s1. The van der Waals surface area contributed by atoms with Gasteiger partial charge in [-0.1, -0.05) is 0 Å². The molecule has 2 aromatic heterocycles. The van der Waals surface area contributed by atoms with E-state index in [1.807, 2.05) is 4.72 Å². The lowest BCUT2D eigenvalue weighted by Gasteiger charge is -2.04. The molecule has 2 rings (SSSR count). The number of nitrogens with zero attached hydrogens (tertiary/aromatic N) is 2. The molecule has 0 spiro atoms. The maximum absolute atomic E-state index is 12.7. The van der Waals surface area contributed by atoms with Gasteiger partial charge in [-0.15, -0.1) is 11.3 Å². The summed E-state index contributed by atoms with van der Waals surface area (Å²) in [7, 11) is -2.81. The number of hydrogen-bond donors (Lipinski definition) is 1. The predicted molar refractivity (Wildman–Crippen MR) is 76.6 cm³/mol. The van der Waals surface area contributed by atoms with Crippen molar-refractivity contribution in [3.8, 4) is 0 Å². The molecule has 1 N–H and O–H groups in total. The summed E-state index contributed by atoms with van der Waals surface area (Å²) < 4.78 is 52.4. The van der Waals surface area contributed by atoms with Crippen LogP contribution in [0, 0.1) is 13.8 Å². The number of alkyl halides is 2. The molecule has 0 unspecified atom stereocenters. The Labute approximate surface area is 129 Å². The van der Waals surface area contributed by atoms with Crippen molar-refractivity contribution in [1.82, 2.24) is 14.5 Å². The van der Waals surface area contributed by atoms with E-state index >= 15 is 0 Å². The van der Waals surface area contributed by atoms with Crippen molar-refractivity contribution in [1.29, 1.82) is 0 Å². The molecular weight excluding hydrogens is 336 g/mol. The molecule has 120 valence electrons. The van der Waals surface area contributed by atoms with Crippen LogP contribution in [0.5, 0.6) is 0 Å². The third-order valence-electron chi connectivity index (χ3n) is 2.84. The molecule has 0 saturated carbocycles. The van der Waals surface area contributed by atoms with E-state index in [0.717, 1.165) is 27.0 Å². The fourth-order valence-corrected chi connectivity index (χ4v) is 4.53. The van der Waals surface area contributed by atoms with Gasteiger partial charge in [0.2, 0.25) is 0 Å². The van der Waals surface area contributed by atoms with E-state index in [1.54, 1.807) is 19.9 Å². The van der Waals surface area contributed by atoms with Gasteiger partial charge in [0.15, 0.2) is 5.69 Å². The Kier molecular flexibility index (Phi) is 4.34. The monoisotopic (exact) mass is 349 g/mol. The number of thiophene rings is 1. The number of aryl methyl sites for hydroxylation is 3. The van der Waals surface area contributed by atoms with Crippen molar-refractivity contribution in [2.75, 3.05) is 0 Å². The average molecular weight is 349 g/mol. The standard InChI is InChI=1S/C12H13F2N3O3S2/c1-6-4-7(2)21-12(6)22(19,20)16-11(18)8-5-9(10(13)14)17(3)15-8/h4-5,10H,1-3H3,(H,16,18). The quantitative estimate of drug-likeness (QED) is 0.917. The van der Waals surface area contributed by atoms with E-state index in [2.05, 4.69) is 5.10 Å². The van der Waals surface area contributed by atoms with Crippen LogP contribution in [0.15, 0.2) is 16.3 Å². The second-order valence-corrected chi connectivity index (χ2v) is 7.77. The topological polar surface area (TPSA) is 81.1 Å². The number of rotatable bonds is 4. The number of aromatic nitrogens is 2. The molecule has 0 aliphatic rings. The molecule has 2 aromatic rings. The Balaban J connectivity index is 2.28. The van der Waals surface area contributed by atoms with Gasteiger partial charge in [-0.2, -0.15) is 5.10 Å². The van der Waals surface area contributed by atoms with Crippen LogP contribution in [0.1, 0.15) is 33.0 Å². The van der Waals surface area contributed by atoms with E-state index < -0.39 is 28.0 Å². The highest BCUT2D eigenvalue weighted by Gasteiger charge is 2.25. The lowest BCUT2D eigenvalue weighted by molar-refractivity contribution is 0.0976. The minimum atomic E-state index is -4.06. The summed E-state index contributed by atoms with van der Waals surface area (Å²) in [6, 6.07) is 2.54. The number of halogens is 2.